The van der Waals surface area contributed by atoms with Gasteiger partial charge < -0.3 is 15.8 Å². The van der Waals surface area contributed by atoms with E-state index in [0.29, 0.717) is 0 Å². The second-order valence-electron chi connectivity index (χ2n) is 4.45. The Balaban J connectivity index is 1.73. The van der Waals surface area contributed by atoms with Gasteiger partial charge in [-0.05, 0) is 32.6 Å². The Kier molecular flexibility index (Phi) is 2.74. The summed E-state index contributed by atoms with van der Waals surface area (Å²) in [5, 5.41) is 2.97. The van der Waals surface area contributed by atoms with Crippen LogP contribution in [0.1, 0.15) is 32.6 Å². The summed E-state index contributed by atoms with van der Waals surface area (Å²) in [6.45, 7) is 2.01. The molecule has 1 amide bonds. The topological polar surface area (TPSA) is 64.4 Å². The molecule has 0 aromatic carbocycles. The third kappa shape index (κ3) is 2.07. The van der Waals surface area contributed by atoms with Crippen molar-refractivity contribution in [3.05, 3.63) is 0 Å². The van der Waals surface area contributed by atoms with E-state index in [1.54, 1.807) is 0 Å². The molecule has 14 heavy (non-hydrogen) atoms. The minimum Gasteiger partial charge on any atom is -0.365 e. The number of amides is 1. The summed E-state index contributed by atoms with van der Waals surface area (Å²) >= 11 is 0. The maximum atomic E-state index is 11.6. The zero-order chi connectivity index (χ0) is 10.1. The Labute approximate surface area is 84.2 Å². The summed E-state index contributed by atoms with van der Waals surface area (Å²) in [5.41, 5.74) is 5.64. The number of ether oxygens (including phenoxy) is 1. The lowest BCUT2D eigenvalue weighted by Crippen LogP contribution is -2.52. The highest BCUT2D eigenvalue weighted by atomic mass is 16.5. The van der Waals surface area contributed by atoms with Gasteiger partial charge in [0.1, 0.15) is 6.10 Å². The minimum atomic E-state index is -0.221. The van der Waals surface area contributed by atoms with Gasteiger partial charge in [0.25, 0.3) is 0 Å². The highest BCUT2D eigenvalue weighted by molar-refractivity contribution is 5.81. The monoisotopic (exact) mass is 198 g/mol. The predicted molar refractivity (Wildman–Crippen MR) is 52.7 cm³/mol. The summed E-state index contributed by atoms with van der Waals surface area (Å²) in [6.07, 6.45) is 3.67. The lowest BCUT2D eigenvalue weighted by molar-refractivity contribution is -0.133. The van der Waals surface area contributed by atoms with Gasteiger partial charge >= 0.3 is 0 Å². The molecular formula is C10H18N2O2. The van der Waals surface area contributed by atoms with E-state index in [-0.39, 0.29) is 30.2 Å². The van der Waals surface area contributed by atoms with Gasteiger partial charge in [0, 0.05) is 12.1 Å². The second-order valence-corrected chi connectivity index (χ2v) is 4.45. The largest absolute Gasteiger partial charge is 0.365 e. The maximum absolute atomic E-state index is 11.6. The third-order valence-electron chi connectivity index (χ3n) is 3.05. The van der Waals surface area contributed by atoms with E-state index in [9.17, 15) is 4.79 Å². The summed E-state index contributed by atoms with van der Waals surface area (Å²) in [6, 6.07) is 0.570. The fraction of sp³-hybridized carbons (Fsp3) is 0.900. The number of rotatable bonds is 2. The highest BCUT2D eigenvalue weighted by Gasteiger charge is 2.32. The molecule has 1 aliphatic heterocycles. The van der Waals surface area contributed by atoms with Gasteiger partial charge in [-0.3, -0.25) is 4.79 Å². The molecule has 2 atom stereocenters. The van der Waals surface area contributed by atoms with Crippen molar-refractivity contribution in [1.82, 2.24) is 5.32 Å². The quantitative estimate of drug-likeness (QED) is 0.664. The van der Waals surface area contributed by atoms with Crippen LogP contribution >= 0.6 is 0 Å². The Morgan fingerprint density at radius 2 is 2.14 bits per heavy atom. The van der Waals surface area contributed by atoms with Crippen LogP contribution in [0.25, 0.3) is 0 Å². The molecule has 0 aromatic rings. The van der Waals surface area contributed by atoms with Gasteiger partial charge in [-0.2, -0.15) is 0 Å². The fourth-order valence-electron chi connectivity index (χ4n) is 2.07. The van der Waals surface area contributed by atoms with Crippen molar-refractivity contribution in [1.29, 1.82) is 0 Å². The molecule has 2 aliphatic rings. The van der Waals surface area contributed by atoms with E-state index in [1.807, 2.05) is 6.92 Å². The van der Waals surface area contributed by atoms with Crippen molar-refractivity contribution < 1.29 is 9.53 Å². The van der Waals surface area contributed by atoms with Gasteiger partial charge in [-0.1, -0.05) is 0 Å². The van der Waals surface area contributed by atoms with Crippen molar-refractivity contribution in [2.45, 2.75) is 56.9 Å². The van der Waals surface area contributed by atoms with E-state index in [1.165, 1.54) is 0 Å². The molecule has 2 fully saturated rings. The number of hydrogen-bond acceptors (Lipinski definition) is 3. The normalized spacial score (nSPS) is 41.9. The average molecular weight is 198 g/mol. The van der Waals surface area contributed by atoms with Crippen LogP contribution < -0.4 is 11.1 Å². The average Bonchev–Trinajstić information content (AvgIpc) is 2.49. The summed E-state index contributed by atoms with van der Waals surface area (Å²) in [7, 11) is 0. The van der Waals surface area contributed by atoms with Crippen molar-refractivity contribution in [2.75, 3.05) is 0 Å². The second kappa shape index (κ2) is 3.87. The number of carbonyl (C=O) groups excluding carboxylic acids is 1. The highest BCUT2D eigenvalue weighted by Crippen LogP contribution is 2.21. The number of hydrogen-bond donors (Lipinski definition) is 2. The van der Waals surface area contributed by atoms with Crippen LogP contribution in [0, 0.1) is 0 Å². The Morgan fingerprint density at radius 3 is 2.64 bits per heavy atom. The molecule has 2 rings (SSSR count). The van der Waals surface area contributed by atoms with E-state index >= 15 is 0 Å². The van der Waals surface area contributed by atoms with Gasteiger partial charge in [-0.25, -0.2) is 0 Å². The van der Waals surface area contributed by atoms with Crippen LogP contribution in [0.5, 0.6) is 0 Å². The Hall–Kier alpha value is -0.610. The lowest BCUT2D eigenvalue weighted by Gasteiger charge is -2.33. The van der Waals surface area contributed by atoms with Gasteiger partial charge in [-0.15, -0.1) is 0 Å². The fourth-order valence-corrected chi connectivity index (χ4v) is 2.07. The van der Waals surface area contributed by atoms with Crippen LogP contribution in [-0.2, 0) is 9.53 Å². The molecule has 1 aliphatic carbocycles. The third-order valence-corrected chi connectivity index (χ3v) is 3.05. The van der Waals surface area contributed by atoms with Crippen LogP contribution in [0.15, 0.2) is 0 Å². The smallest absolute Gasteiger partial charge is 0.249 e. The van der Waals surface area contributed by atoms with Gasteiger partial charge in [0.05, 0.1) is 6.10 Å². The zero-order valence-electron chi connectivity index (χ0n) is 8.53. The van der Waals surface area contributed by atoms with Crippen LogP contribution in [0.4, 0.5) is 0 Å². The first-order valence-corrected chi connectivity index (χ1v) is 5.36. The molecule has 80 valence electrons. The van der Waals surface area contributed by atoms with E-state index in [0.717, 1.165) is 25.7 Å². The molecule has 0 bridgehead atoms. The van der Waals surface area contributed by atoms with Crippen molar-refractivity contribution in [3.8, 4) is 0 Å². The van der Waals surface area contributed by atoms with E-state index in [4.69, 9.17) is 10.5 Å². The molecule has 3 N–H and O–H groups in total. The van der Waals surface area contributed by atoms with Gasteiger partial charge in [0.2, 0.25) is 5.91 Å². The van der Waals surface area contributed by atoms with Crippen molar-refractivity contribution in [2.24, 2.45) is 5.73 Å². The van der Waals surface area contributed by atoms with Crippen LogP contribution in [0.3, 0.4) is 0 Å². The molecular weight excluding hydrogens is 180 g/mol. The molecule has 0 aromatic heterocycles. The van der Waals surface area contributed by atoms with E-state index in [2.05, 4.69) is 5.32 Å². The minimum absolute atomic E-state index is 0.0475. The molecule has 0 spiro atoms. The molecule has 1 saturated heterocycles. The molecule has 0 radical (unpaired) electrons. The van der Waals surface area contributed by atoms with Crippen LogP contribution in [-0.4, -0.2) is 30.2 Å². The summed E-state index contributed by atoms with van der Waals surface area (Å²) in [4.78, 5) is 11.6. The molecule has 1 saturated carbocycles. The van der Waals surface area contributed by atoms with E-state index < -0.39 is 0 Å². The first-order valence-electron chi connectivity index (χ1n) is 5.36. The summed E-state index contributed by atoms with van der Waals surface area (Å²) < 4.78 is 5.48. The molecule has 2 unspecified atom stereocenters. The molecule has 4 nitrogen and oxygen atoms in total. The number of nitrogens with one attached hydrogen (secondary N) is 1. The zero-order valence-corrected chi connectivity index (χ0v) is 8.53. The number of carbonyl (C=O) groups is 1. The lowest BCUT2D eigenvalue weighted by atomic mass is 9.87. The first kappa shape index (κ1) is 9.93. The van der Waals surface area contributed by atoms with Crippen LogP contribution in [0.2, 0.25) is 0 Å². The molecule has 4 heteroatoms. The maximum Gasteiger partial charge on any atom is 0.249 e. The van der Waals surface area contributed by atoms with Crippen molar-refractivity contribution in [3.63, 3.8) is 0 Å². The van der Waals surface area contributed by atoms with Crippen molar-refractivity contribution >= 4 is 5.91 Å². The molecule has 1 heterocycles. The predicted octanol–water partition coefficient (Wildman–Crippen LogP) is 0.160. The Morgan fingerprint density at radius 1 is 1.43 bits per heavy atom. The first-order chi connectivity index (χ1) is 6.65. The standard InChI is InChI=1S/C10H18N2O2/c1-6-2-3-9(14-6)10(13)12-8-4-7(11)5-8/h6-9H,2-5,11H2,1H3,(H,12,13). The number of nitrogens with two attached hydrogens (primary N) is 1. The van der Waals surface area contributed by atoms with Gasteiger partial charge in [0.15, 0.2) is 0 Å². The SMILES string of the molecule is CC1CCC(C(=O)NC2CC(N)C2)O1. The summed E-state index contributed by atoms with van der Waals surface area (Å²) in [5.74, 6) is 0.0475. The Bertz CT molecular complexity index is 226.